The molecule has 1 rings (SSSR count). The summed E-state index contributed by atoms with van der Waals surface area (Å²) in [7, 11) is 0. The molecular formula is C9H14BrNS. The predicted octanol–water partition coefficient (Wildman–Crippen LogP) is 3.14. The van der Waals surface area contributed by atoms with Crippen molar-refractivity contribution >= 4 is 27.3 Å². The maximum Gasteiger partial charge on any atom is 0.0701 e. The first-order valence-electron chi connectivity index (χ1n) is 4.02. The average molecular weight is 248 g/mol. The van der Waals surface area contributed by atoms with Gasteiger partial charge in [-0.2, -0.15) is 0 Å². The Morgan fingerprint density at radius 2 is 2.17 bits per heavy atom. The molecule has 0 aliphatic carbocycles. The highest BCUT2D eigenvalue weighted by atomic mass is 79.9. The highest BCUT2D eigenvalue weighted by molar-refractivity contribution is 9.11. The molecular weight excluding hydrogens is 234 g/mol. The number of nitrogens with two attached hydrogens (primary N) is 1. The zero-order valence-corrected chi connectivity index (χ0v) is 9.83. The number of thiophene rings is 1. The summed E-state index contributed by atoms with van der Waals surface area (Å²) in [5, 5.41) is 0. The molecule has 0 aromatic carbocycles. The van der Waals surface area contributed by atoms with E-state index in [2.05, 4.69) is 41.9 Å². The molecule has 0 atom stereocenters. The Kier molecular flexibility index (Phi) is 3.32. The van der Waals surface area contributed by atoms with Crippen LogP contribution in [0.25, 0.3) is 0 Å². The highest BCUT2D eigenvalue weighted by Crippen LogP contribution is 2.34. The van der Waals surface area contributed by atoms with Crippen molar-refractivity contribution in [2.24, 2.45) is 5.73 Å². The normalized spacial score (nSPS) is 12.0. The summed E-state index contributed by atoms with van der Waals surface area (Å²) in [6, 6.07) is 4.27. The van der Waals surface area contributed by atoms with Crippen LogP contribution in [0.3, 0.4) is 0 Å². The molecule has 0 radical (unpaired) electrons. The molecule has 0 bridgehead atoms. The predicted molar refractivity (Wildman–Crippen MR) is 58.7 cm³/mol. The van der Waals surface area contributed by atoms with Gasteiger partial charge in [0.1, 0.15) is 0 Å². The molecule has 1 heterocycles. The number of rotatable bonds is 3. The summed E-state index contributed by atoms with van der Waals surface area (Å²) >= 11 is 5.26. The van der Waals surface area contributed by atoms with Crippen LogP contribution in [0, 0.1) is 0 Å². The molecule has 0 aliphatic heterocycles. The van der Waals surface area contributed by atoms with Crippen molar-refractivity contribution in [3.05, 3.63) is 20.8 Å². The quantitative estimate of drug-likeness (QED) is 0.873. The van der Waals surface area contributed by atoms with Crippen molar-refractivity contribution < 1.29 is 0 Å². The topological polar surface area (TPSA) is 26.0 Å². The van der Waals surface area contributed by atoms with Crippen molar-refractivity contribution in [1.29, 1.82) is 0 Å². The molecule has 0 unspecified atom stereocenters. The molecule has 2 N–H and O–H groups in total. The van der Waals surface area contributed by atoms with Crippen molar-refractivity contribution in [3.63, 3.8) is 0 Å². The SMILES string of the molecule is CC(C)(CCN)c1ccc(Br)s1. The van der Waals surface area contributed by atoms with Crippen LogP contribution in [-0.4, -0.2) is 6.54 Å². The second-order valence-corrected chi connectivity index (χ2v) is 5.99. The van der Waals surface area contributed by atoms with Crippen LogP contribution in [-0.2, 0) is 5.41 Å². The largest absolute Gasteiger partial charge is 0.330 e. The molecule has 68 valence electrons. The summed E-state index contributed by atoms with van der Waals surface area (Å²) in [4.78, 5) is 1.40. The van der Waals surface area contributed by atoms with Gasteiger partial charge >= 0.3 is 0 Å². The molecule has 1 nitrogen and oxygen atoms in total. The van der Waals surface area contributed by atoms with Gasteiger partial charge in [-0.05, 0) is 41.0 Å². The van der Waals surface area contributed by atoms with Gasteiger partial charge in [0.25, 0.3) is 0 Å². The Morgan fingerprint density at radius 1 is 1.50 bits per heavy atom. The first-order chi connectivity index (χ1) is 5.56. The lowest BCUT2D eigenvalue weighted by atomic mass is 9.88. The molecule has 12 heavy (non-hydrogen) atoms. The molecule has 0 fully saturated rings. The van der Waals surface area contributed by atoms with Gasteiger partial charge in [0.15, 0.2) is 0 Å². The first kappa shape index (κ1) is 10.2. The molecule has 0 spiro atoms. The van der Waals surface area contributed by atoms with Crippen LogP contribution >= 0.6 is 27.3 Å². The van der Waals surface area contributed by atoms with Gasteiger partial charge in [-0.3, -0.25) is 0 Å². The fourth-order valence-electron chi connectivity index (χ4n) is 1.16. The van der Waals surface area contributed by atoms with E-state index in [1.54, 1.807) is 11.3 Å². The lowest BCUT2D eigenvalue weighted by Crippen LogP contribution is -2.20. The zero-order valence-electron chi connectivity index (χ0n) is 7.43. The smallest absolute Gasteiger partial charge is 0.0701 e. The Labute approximate surface area is 86.1 Å². The fourth-order valence-corrected chi connectivity index (χ4v) is 2.68. The molecule has 0 aliphatic rings. The Bertz CT molecular complexity index is 255. The summed E-state index contributed by atoms with van der Waals surface area (Å²) < 4.78 is 1.20. The Morgan fingerprint density at radius 3 is 2.58 bits per heavy atom. The summed E-state index contributed by atoms with van der Waals surface area (Å²) in [5.74, 6) is 0. The van der Waals surface area contributed by atoms with Crippen molar-refractivity contribution in [2.45, 2.75) is 25.7 Å². The van der Waals surface area contributed by atoms with Gasteiger partial charge in [-0.25, -0.2) is 0 Å². The third-order valence-corrected chi connectivity index (χ3v) is 4.00. The number of hydrogen-bond acceptors (Lipinski definition) is 2. The standard InChI is InChI=1S/C9H14BrNS/c1-9(2,5-6-11)7-3-4-8(10)12-7/h3-4H,5-6,11H2,1-2H3. The van der Waals surface area contributed by atoms with E-state index in [4.69, 9.17) is 5.73 Å². The van der Waals surface area contributed by atoms with Gasteiger partial charge in [0.05, 0.1) is 3.79 Å². The molecule has 0 amide bonds. The minimum absolute atomic E-state index is 0.228. The van der Waals surface area contributed by atoms with Gasteiger partial charge in [0.2, 0.25) is 0 Å². The second-order valence-electron chi connectivity index (χ2n) is 3.53. The van der Waals surface area contributed by atoms with E-state index in [0.29, 0.717) is 0 Å². The van der Waals surface area contributed by atoms with E-state index in [1.165, 1.54) is 8.66 Å². The van der Waals surface area contributed by atoms with Crippen LogP contribution < -0.4 is 5.73 Å². The van der Waals surface area contributed by atoms with Crippen LogP contribution in [0.2, 0.25) is 0 Å². The number of hydrogen-bond donors (Lipinski definition) is 1. The van der Waals surface area contributed by atoms with Crippen LogP contribution in [0.15, 0.2) is 15.9 Å². The molecule has 0 saturated heterocycles. The maximum absolute atomic E-state index is 5.55. The number of halogens is 1. The van der Waals surface area contributed by atoms with E-state index >= 15 is 0 Å². The van der Waals surface area contributed by atoms with Crippen LogP contribution in [0.4, 0.5) is 0 Å². The fraction of sp³-hybridized carbons (Fsp3) is 0.556. The second kappa shape index (κ2) is 3.90. The Balaban J connectivity index is 2.81. The third-order valence-electron chi connectivity index (χ3n) is 2.01. The Hall–Kier alpha value is 0.140. The van der Waals surface area contributed by atoms with E-state index < -0.39 is 0 Å². The lowest BCUT2D eigenvalue weighted by molar-refractivity contribution is 0.497. The summed E-state index contributed by atoms with van der Waals surface area (Å²) in [6.45, 7) is 5.22. The minimum atomic E-state index is 0.228. The van der Waals surface area contributed by atoms with Crippen molar-refractivity contribution in [1.82, 2.24) is 0 Å². The molecule has 1 aromatic rings. The van der Waals surface area contributed by atoms with Gasteiger partial charge in [-0.15, -0.1) is 11.3 Å². The van der Waals surface area contributed by atoms with E-state index in [0.717, 1.165) is 13.0 Å². The average Bonchev–Trinajstić information content (AvgIpc) is 2.36. The van der Waals surface area contributed by atoms with Crippen molar-refractivity contribution in [2.75, 3.05) is 6.54 Å². The maximum atomic E-state index is 5.55. The third kappa shape index (κ3) is 2.31. The first-order valence-corrected chi connectivity index (χ1v) is 5.63. The van der Waals surface area contributed by atoms with Gasteiger partial charge in [0, 0.05) is 10.3 Å². The highest BCUT2D eigenvalue weighted by Gasteiger charge is 2.20. The minimum Gasteiger partial charge on any atom is -0.330 e. The van der Waals surface area contributed by atoms with Crippen LogP contribution in [0.5, 0.6) is 0 Å². The van der Waals surface area contributed by atoms with Gasteiger partial charge in [-0.1, -0.05) is 13.8 Å². The molecule has 3 heteroatoms. The van der Waals surface area contributed by atoms with Gasteiger partial charge < -0.3 is 5.73 Å². The summed E-state index contributed by atoms with van der Waals surface area (Å²) in [5.41, 5.74) is 5.78. The van der Waals surface area contributed by atoms with Crippen molar-refractivity contribution in [3.8, 4) is 0 Å². The van der Waals surface area contributed by atoms with E-state index in [9.17, 15) is 0 Å². The zero-order chi connectivity index (χ0) is 9.19. The lowest BCUT2D eigenvalue weighted by Gasteiger charge is -2.21. The monoisotopic (exact) mass is 247 g/mol. The molecule has 0 saturated carbocycles. The van der Waals surface area contributed by atoms with E-state index in [-0.39, 0.29) is 5.41 Å². The summed E-state index contributed by atoms with van der Waals surface area (Å²) in [6.07, 6.45) is 1.04. The van der Waals surface area contributed by atoms with E-state index in [1.807, 2.05) is 0 Å². The molecule has 1 aromatic heterocycles. The van der Waals surface area contributed by atoms with Crippen LogP contribution in [0.1, 0.15) is 25.1 Å².